The molecule has 0 spiro atoms. The van der Waals surface area contributed by atoms with Gasteiger partial charge in [0.2, 0.25) is 0 Å². The fourth-order valence-corrected chi connectivity index (χ4v) is 3.46. The first kappa shape index (κ1) is 16.2. The lowest BCUT2D eigenvalue weighted by atomic mass is 10.1. The average molecular weight is 336 g/mol. The van der Waals surface area contributed by atoms with Gasteiger partial charge in [-0.2, -0.15) is 0 Å². The second-order valence-electron chi connectivity index (χ2n) is 4.98. The number of hydrogen-bond donors (Lipinski definition) is 1. The molecule has 0 saturated carbocycles. The van der Waals surface area contributed by atoms with Gasteiger partial charge in [-0.05, 0) is 38.0 Å². The molecule has 0 radical (unpaired) electrons. The first-order valence-electron chi connectivity index (χ1n) is 6.37. The van der Waals surface area contributed by atoms with Gasteiger partial charge in [0.1, 0.15) is 5.82 Å². The van der Waals surface area contributed by atoms with Crippen LogP contribution >= 0.6 is 10.7 Å². The van der Waals surface area contributed by atoms with Crippen LogP contribution in [0.15, 0.2) is 17.0 Å². The van der Waals surface area contributed by atoms with Gasteiger partial charge in [0.05, 0.1) is 22.6 Å². The van der Waals surface area contributed by atoms with E-state index in [1.165, 1.54) is 6.92 Å². The first-order chi connectivity index (χ1) is 9.70. The van der Waals surface area contributed by atoms with E-state index in [2.05, 4.69) is 5.32 Å². The Balaban J connectivity index is 2.33. The Hall–Kier alpha value is -1.18. The van der Waals surface area contributed by atoms with Gasteiger partial charge in [-0.1, -0.05) is 0 Å². The zero-order valence-electron chi connectivity index (χ0n) is 11.5. The SMILES string of the molecule is Cc1cc(F)c(C(=O)NC2CCOC2C)cc1S(=O)(=O)Cl. The zero-order valence-corrected chi connectivity index (χ0v) is 13.1. The van der Waals surface area contributed by atoms with Crippen LogP contribution in [0, 0.1) is 12.7 Å². The number of rotatable bonds is 3. The third-order valence-corrected chi connectivity index (χ3v) is 4.93. The smallest absolute Gasteiger partial charge is 0.261 e. The van der Waals surface area contributed by atoms with Crippen molar-refractivity contribution in [2.45, 2.75) is 37.3 Å². The van der Waals surface area contributed by atoms with Crippen molar-refractivity contribution in [2.24, 2.45) is 0 Å². The van der Waals surface area contributed by atoms with Crippen molar-refractivity contribution >= 4 is 25.6 Å². The summed E-state index contributed by atoms with van der Waals surface area (Å²) < 4.78 is 42.1. The summed E-state index contributed by atoms with van der Waals surface area (Å²) >= 11 is 0. The number of benzene rings is 1. The fraction of sp³-hybridized carbons (Fsp3) is 0.462. The minimum Gasteiger partial charge on any atom is -0.376 e. The molecule has 1 fully saturated rings. The van der Waals surface area contributed by atoms with Crippen LogP contribution in [0.5, 0.6) is 0 Å². The molecule has 0 aromatic heterocycles. The van der Waals surface area contributed by atoms with Crippen LogP contribution in [0.2, 0.25) is 0 Å². The van der Waals surface area contributed by atoms with E-state index in [0.29, 0.717) is 13.0 Å². The molecule has 1 heterocycles. The highest BCUT2D eigenvalue weighted by molar-refractivity contribution is 8.13. The number of hydrogen-bond acceptors (Lipinski definition) is 4. The van der Waals surface area contributed by atoms with Crippen LogP contribution in [0.4, 0.5) is 4.39 Å². The molecule has 1 aromatic rings. The van der Waals surface area contributed by atoms with Crippen LogP contribution in [0.1, 0.15) is 29.3 Å². The Labute approximate surface area is 126 Å². The highest BCUT2D eigenvalue weighted by atomic mass is 35.7. The number of carbonyl (C=O) groups is 1. The third-order valence-electron chi connectivity index (χ3n) is 3.46. The molecule has 2 unspecified atom stereocenters. The summed E-state index contributed by atoms with van der Waals surface area (Å²) in [6.45, 7) is 3.73. The second kappa shape index (κ2) is 5.90. The fourth-order valence-electron chi connectivity index (χ4n) is 2.26. The van der Waals surface area contributed by atoms with E-state index >= 15 is 0 Å². The van der Waals surface area contributed by atoms with Gasteiger partial charge in [-0.25, -0.2) is 12.8 Å². The van der Waals surface area contributed by atoms with Crippen molar-refractivity contribution in [1.82, 2.24) is 5.32 Å². The normalized spacial score (nSPS) is 22.3. The average Bonchev–Trinajstić information content (AvgIpc) is 2.73. The lowest BCUT2D eigenvalue weighted by Gasteiger charge is -2.16. The molecule has 21 heavy (non-hydrogen) atoms. The van der Waals surface area contributed by atoms with Crippen LogP contribution in [0.3, 0.4) is 0 Å². The molecule has 1 N–H and O–H groups in total. The van der Waals surface area contributed by atoms with Crippen LogP contribution in [-0.2, 0) is 13.8 Å². The molecule has 1 saturated heterocycles. The largest absolute Gasteiger partial charge is 0.376 e. The Morgan fingerprint density at radius 1 is 1.48 bits per heavy atom. The molecule has 1 aromatic carbocycles. The van der Waals surface area contributed by atoms with Crippen LogP contribution in [0.25, 0.3) is 0 Å². The number of halogens is 2. The van der Waals surface area contributed by atoms with Gasteiger partial charge in [-0.15, -0.1) is 0 Å². The molecule has 0 bridgehead atoms. The van der Waals surface area contributed by atoms with Crippen LogP contribution in [-0.4, -0.2) is 33.1 Å². The van der Waals surface area contributed by atoms with E-state index < -0.39 is 20.8 Å². The van der Waals surface area contributed by atoms with Gasteiger partial charge in [0.25, 0.3) is 15.0 Å². The number of carbonyl (C=O) groups excluding carboxylic acids is 1. The van der Waals surface area contributed by atoms with Crippen LogP contribution < -0.4 is 5.32 Å². The highest BCUT2D eigenvalue weighted by Crippen LogP contribution is 2.24. The van der Waals surface area contributed by atoms with E-state index in [9.17, 15) is 17.6 Å². The Morgan fingerprint density at radius 3 is 2.67 bits per heavy atom. The summed E-state index contributed by atoms with van der Waals surface area (Å²) in [5, 5.41) is 2.64. The maximum atomic E-state index is 13.9. The molecule has 1 aliphatic heterocycles. The van der Waals surface area contributed by atoms with Crippen molar-refractivity contribution < 1.29 is 22.3 Å². The van der Waals surface area contributed by atoms with Gasteiger partial charge in [0, 0.05) is 17.3 Å². The van der Waals surface area contributed by atoms with Gasteiger partial charge in [0.15, 0.2) is 0 Å². The molecule has 116 valence electrons. The number of amides is 1. The standard InChI is InChI=1S/C13H15ClFNO4S/c1-7-5-10(15)9(6-12(7)21(14,18)19)13(17)16-11-3-4-20-8(11)2/h5-6,8,11H,3-4H2,1-2H3,(H,16,17). The van der Waals surface area contributed by atoms with E-state index in [1.807, 2.05) is 0 Å². The maximum absolute atomic E-state index is 13.9. The molecule has 2 rings (SSSR count). The molecular formula is C13H15ClFNO4S. The minimum atomic E-state index is -4.04. The monoisotopic (exact) mass is 335 g/mol. The summed E-state index contributed by atoms with van der Waals surface area (Å²) in [4.78, 5) is 11.8. The Kier molecular flexibility index (Phi) is 4.55. The van der Waals surface area contributed by atoms with Crippen molar-refractivity contribution in [1.29, 1.82) is 0 Å². The van der Waals surface area contributed by atoms with Gasteiger partial charge < -0.3 is 10.1 Å². The van der Waals surface area contributed by atoms with Crippen molar-refractivity contribution in [3.63, 3.8) is 0 Å². The van der Waals surface area contributed by atoms with Crippen molar-refractivity contribution in [2.75, 3.05) is 6.61 Å². The predicted molar refractivity (Wildman–Crippen MR) is 75.5 cm³/mol. The lowest BCUT2D eigenvalue weighted by Crippen LogP contribution is -2.39. The summed E-state index contributed by atoms with van der Waals surface area (Å²) in [6, 6.07) is 1.72. The van der Waals surface area contributed by atoms with E-state index in [1.54, 1.807) is 6.92 Å². The third kappa shape index (κ3) is 3.53. The quantitative estimate of drug-likeness (QED) is 0.857. The van der Waals surface area contributed by atoms with E-state index in [-0.39, 0.29) is 28.2 Å². The Bertz CT molecular complexity index is 677. The topological polar surface area (TPSA) is 72.5 Å². The molecule has 0 aliphatic carbocycles. The van der Waals surface area contributed by atoms with Gasteiger partial charge >= 0.3 is 0 Å². The maximum Gasteiger partial charge on any atom is 0.261 e. The summed E-state index contributed by atoms with van der Waals surface area (Å²) in [5.41, 5.74) is -0.199. The number of ether oxygens (including phenoxy) is 1. The zero-order chi connectivity index (χ0) is 15.8. The summed E-state index contributed by atoms with van der Waals surface area (Å²) in [5.74, 6) is -1.47. The predicted octanol–water partition coefficient (Wildman–Crippen LogP) is 1.97. The number of nitrogens with one attached hydrogen (secondary N) is 1. The van der Waals surface area contributed by atoms with Gasteiger partial charge in [-0.3, -0.25) is 4.79 Å². The highest BCUT2D eigenvalue weighted by Gasteiger charge is 2.28. The molecule has 8 heteroatoms. The summed E-state index contributed by atoms with van der Waals surface area (Å²) in [6.07, 6.45) is 0.458. The van der Waals surface area contributed by atoms with Crippen molar-refractivity contribution in [3.05, 3.63) is 29.1 Å². The molecule has 2 atom stereocenters. The first-order valence-corrected chi connectivity index (χ1v) is 8.68. The Morgan fingerprint density at radius 2 is 2.14 bits per heavy atom. The minimum absolute atomic E-state index is 0.150. The van der Waals surface area contributed by atoms with E-state index in [0.717, 1.165) is 12.1 Å². The molecular weight excluding hydrogens is 321 g/mol. The lowest BCUT2D eigenvalue weighted by molar-refractivity contribution is 0.0862. The van der Waals surface area contributed by atoms with E-state index in [4.69, 9.17) is 15.4 Å². The molecule has 1 aliphatic rings. The number of aryl methyl sites for hydroxylation is 1. The molecule has 1 amide bonds. The summed E-state index contributed by atoms with van der Waals surface area (Å²) in [7, 11) is 1.24. The molecule has 5 nitrogen and oxygen atoms in total. The second-order valence-corrected chi connectivity index (χ2v) is 7.51. The van der Waals surface area contributed by atoms with Crippen molar-refractivity contribution in [3.8, 4) is 0 Å².